The van der Waals surface area contributed by atoms with Gasteiger partial charge >= 0.3 is 0 Å². The van der Waals surface area contributed by atoms with Crippen molar-refractivity contribution < 1.29 is 9.32 Å². The van der Waals surface area contributed by atoms with Crippen LogP contribution in [0.25, 0.3) is 11.5 Å². The first-order chi connectivity index (χ1) is 12.8. The Labute approximate surface area is 157 Å². The first-order valence-electron chi connectivity index (χ1n) is 9.11. The van der Waals surface area contributed by atoms with Crippen LogP contribution in [0.1, 0.15) is 49.7 Å². The molecule has 1 saturated carbocycles. The van der Waals surface area contributed by atoms with Gasteiger partial charge in [0.1, 0.15) is 0 Å². The lowest BCUT2D eigenvalue weighted by Crippen LogP contribution is -2.35. The fourth-order valence-corrected chi connectivity index (χ4v) is 2.94. The van der Waals surface area contributed by atoms with Gasteiger partial charge in [-0.15, -0.1) is 0 Å². The molecule has 1 fully saturated rings. The normalized spacial score (nSPS) is 14.4. The maximum absolute atomic E-state index is 12.8. The van der Waals surface area contributed by atoms with Crippen molar-refractivity contribution in [3.8, 4) is 11.5 Å². The first kappa shape index (κ1) is 17.5. The third-order valence-corrected chi connectivity index (χ3v) is 5.03. The van der Waals surface area contributed by atoms with Crippen molar-refractivity contribution >= 4 is 11.6 Å². The van der Waals surface area contributed by atoms with E-state index < -0.39 is 5.41 Å². The summed E-state index contributed by atoms with van der Waals surface area (Å²) in [7, 11) is 1.84. The summed E-state index contributed by atoms with van der Waals surface area (Å²) in [5.74, 6) is 1.66. The Morgan fingerprint density at radius 3 is 2.70 bits per heavy atom. The lowest BCUT2D eigenvalue weighted by atomic mass is 9.88. The lowest BCUT2D eigenvalue weighted by molar-refractivity contribution is -0.120. The molecule has 0 saturated heterocycles. The molecule has 3 aromatic rings. The number of carbonyl (C=O) groups is 1. The van der Waals surface area contributed by atoms with Crippen LogP contribution < -0.4 is 5.32 Å². The summed E-state index contributed by atoms with van der Waals surface area (Å²) in [5.41, 5.74) is 2.54. The predicted octanol–water partition coefficient (Wildman–Crippen LogP) is 3.57. The van der Waals surface area contributed by atoms with E-state index in [0.29, 0.717) is 11.8 Å². The molecule has 0 atom stereocenters. The van der Waals surface area contributed by atoms with Gasteiger partial charge in [-0.25, -0.2) is 0 Å². The average molecular weight is 365 g/mol. The number of nitrogens with one attached hydrogen (secondary N) is 1. The summed E-state index contributed by atoms with van der Waals surface area (Å²) in [4.78, 5) is 17.3. The molecule has 0 bridgehead atoms. The minimum Gasteiger partial charge on any atom is -0.334 e. The second-order valence-electron chi connectivity index (χ2n) is 7.72. The fourth-order valence-electron chi connectivity index (χ4n) is 2.94. The molecule has 7 heteroatoms. The summed E-state index contributed by atoms with van der Waals surface area (Å²) in [6.45, 7) is 5.68. The number of nitrogens with zero attached hydrogens (tertiary/aromatic N) is 4. The topological polar surface area (TPSA) is 85.8 Å². The maximum atomic E-state index is 12.8. The van der Waals surface area contributed by atoms with Gasteiger partial charge in [-0.2, -0.15) is 10.1 Å². The third-order valence-electron chi connectivity index (χ3n) is 5.03. The number of benzene rings is 1. The number of aromatic nitrogens is 4. The zero-order valence-electron chi connectivity index (χ0n) is 16.0. The Bertz CT molecular complexity index is 997. The molecule has 4 rings (SSSR count). The second kappa shape index (κ2) is 6.33. The Morgan fingerprint density at radius 2 is 2.07 bits per heavy atom. The number of anilines is 1. The Kier molecular flexibility index (Phi) is 4.09. The van der Waals surface area contributed by atoms with Gasteiger partial charge in [-0.3, -0.25) is 9.48 Å². The van der Waals surface area contributed by atoms with Crippen molar-refractivity contribution in [2.45, 2.75) is 44.9 Å². The van der Waals surface area contributed by atoms with E-state index >= 15 is 0 Å². The van der Waals surface area contributed by atoms with Crippen LogP contribution in [0.3, 0.4) is 0 Å². The van der Waals surface area contributed by atoms with E-state index in [2.05, 4.69) is 20.6 Å². The van der Waals surface area contributed by atoms with Crippen LogP contribution in [0.15, 0.2) is 35.0 Å². The minimum atomic E-state index is -0.738. The van der Waals surface area contributed by atoms with Crippen molar-refractivity contribution in [3.63, 3.8) is 0 Å². The molecular formula is C20H23N5O2. The quantitative estimate of drug-likeness (QED) is 0.747. The fraction of sp³-hybridized carbons (Fsp3) is 0.400. The highest BCUT2D eigenvalue weighted by Gasteiger charge is 2.32. The number of aryl methyl sites for hydroxylation is 2. The molecule has 27 heavy (non-hydrogen) atoms. The maximum Gasteiger partial charge on any atom is 0.257 e. The van der Waals surface area contributed by atoms with Gasteiger partial charge in [-0.1, -0.05) is 5.16 Å². The highest BCUT2D eigenvalue weighted by atomic mass is 16.5. The van der Waals surface area contributed by atoms with Crippen LogP contribution in [0.4, 0.5) is 5.69 Å². The summed E-state index contributed by atoms with van der Waals surface area (Å²) in [6.07, 6.45) is 4.11. The Hall–Kier alpha value is -2.96. The van der Waals surface area contributed by atoms with Crippen molar-refractivity contribution in [2.24, 2.45) is 7.05 Å². The first-order valence-corrected chi connectivity index (χ1v) is 9.11. The van der Waals surface area contributed by atoms with E-state index in [0.717, 1.165) is 41.2 Å². The molecule has 2 aromatic heterocycles. The van der Waals surface area contributed by atoms with E-state index in [1.807, 2.05) is 58.3 Å². The second-order valence-corrected chi connectivity index (χ2v) is 7.72. The molecular weight excluding hydrogens is 342 g/mol. The highest BCUT2D eigenvalue weighted by molar-refractivity contribution is 5.98. The zero-order chi connectivity index (χ0) is 19.2. The highest BCUT2D eigenvalue weighted by Crippen LogP contribution is 2.39. The molecule has 1 aliphatic carbocycles. The molecule has 1 amide bonds. The van der Waals surface area contributed by atoms with Crippen LogP contribution in [-0.4, -0.2) is 25.8 Å². The van der Waals surface area contributed by atoms with Gasteiger partial charge in [0.15, 0.2) is 5.82 Å². The Balaban J connectivity index is 1.52. The van der Waals surface area contributed by atoms with Crippen LogP contribution in [0, 0.1) is 6.92 Å². The SMILES string of the molecule is Cc1cc(-c2nc(C3CC3)no2)ccc1NC(=O)C(C)(C)c1ccn(C)n1. The number of amides is 1. The monoisotopic (exact) mass is 365 g/mol. The molecule has 7 nitrogen and oxygen atoms in total. The number of carbonyl (C=O) groups excluding carboxylic acids is 1. The average Bonchev–Trinajstić information content (AvgIpc) is 3.18. The van der Waals surface area contributed by atoms with E-state index in [-0.39, 0.29) is 5.91 Å². The van der Waals surface area contributed by atoms with Crippen LogP contribution in [-0.2, 0) is 17.3 Å². The van der Waals surface area contributed by atoms with Crippen molar-refractivity contribution in [3.05, 3.63) is 47.5 Å². The molecule has 1 aliphatic rings. The van der Waals surface area contributed by atoms with Gasteiger partial charge < -0.3 is 9.84 Å². The van der Waals surface area contributed by atoms with Crippen molar-refractivity contribution in [1.82, 2.24) is 19.9 Å². The van der Waals surface area contributed by atoms with Gasteiger partial charge in [0.25, 0.3) is 5.89 Å². The third kappa shape index (κ3) is 3.37. The van der Waals surface area contributed by atoms with Crippen molar-refractivity contribution in [1.29, 1.82) is 0 Å². The summed E-state index contributed by atoms with van der Waals surface area (Å²) in [5, 5.41) is 11.4. The number of hydrogen-bond donors (Lipinski definition) is 1. The predicted molar refractivity (Wildman–Crippen MR) is 101 cm³/mol. The van der Waals surface area contributed by atoms with Crippen molar-refractivity contribution in [2.75, 3.05) is 5.32 Å². The van der Waals surface area contributed by atoms with Gasteiger partial charge in [0.05, 0.1) is 11.1 Å². The van der Waals surface area contributed by atoms with E-state index in [4.69, 9.17) is 4.52 Å². The standard InChI is InChI=1S/C20H23N5O2/c1-12-11-14(18-22-17(24-27-18)13-5-6-13)7-8-15(12)21-19(26)20(2,3)16-9-10-25(4)23-16/h7-11,13H,5-6H2,1-4H3,(H,21,26). The smallest absolute Gasteiger partial charge is 0.257 e. The molecule has 140 valence electrons. The molecule has 0 radical (unpaired) electrons. The Morgan fingerprint density at radius 1 is 1.30 bits per heavy atom. The minimum absolute atomic E-state index is 0.106. The van der Waals surface area contributed by atoms with Crippen LogP contribution >= 0.6 is 0 Å². The van der Waals surface area contributed by atoms with Crippen LogP contribution in [0.2, 0.25) is 0 Å². The number of rotatable bonds is 5. The van der Waals surface area contributed by atoms with Gasteiger partial charge in [0.2, 0.25) is 5.91 Å². The molecule has 0 spiro atoms. The van der Waals surface area contributed by atoms with E-state index in [9.17, 15) is 4.79 Å². The largest absolute Gasteiger partial charge is 0.334 e. The van der Waals surface area contributed by atoms with E-state index in [1.165, 1.54) is 0 Å². The molecule has 2 heterocycles. The summed E-state index contributed by atoms with van der Waals surface area (Å²) < 4.78 is 7.08. The van der Waals surface area contributed by atoms with E-state index in [1.54, 1.807) is 4.68 Å². The van der Waals surface area contributed by atoms with Gasteiger partial charge in [-0.05, 0) is 63.4 Å². The number of hydrogen-bond acceptors (Lipinski definition) is 5. The summed E-state index contributed by atoms with van der Waals surface area (Å²) in [6, 6.07) is 7.58. The molecule has 0 aliphatic heterocycles. The molecule has 1 aromatic carbocycles. The summed E-state index contributed by atoms with van der Waals surface area (Å²) >= 11 is 0. The zero-order valence-corrected chi connectivity index (χ0v) is 16.0. The lowest BCUT2D eigenvalue weighted by Gasteiger charge is -2.22. The molecule has 0 unspecified atom stereocenters. The van der Waals surface area contributed by atoms with Gasteiger partial charge in [0, 0.05) is 30.4 Å². The molecule has 1 N–H and O–H groups in total. The van der Waals surface area contributed by atoms with Crippen LogP contribution in [0.5, 0.6) is 0 Å².